The van der Waals surface area contributed by atoms with Crippen LogP contribution in [0.3, 0.4) is 0 Å². The summed E-state index contributed by atoms with van der Waals surface area (Å²) >= 11 is 0. The Labute approximate surface area is 151 Å². The van der Waals surface area contributed by atoms with E-state index in [9.17, 15) is 9.50 Å². The van der Waals surface area contributed by atoms with Crippen LogP contribution in [0.5, 0.6) is 0 Å². The van der Waals surface area contributed by atoms with E-state index in [1.807, 2.05) is 17.7 Å². The van der Waals surface area contributed by atoms with Gasteiger partial charge in [0.2, 0.25) is 0 Å². The summed E-state index contributed by atoms with van der Waals surface area (Å²) < 4.78 is 15.4. The third-order valence-electron chi connectivity index (χ3n) is 4.78. The number of hydrogen-bond donors (Lipinski definition) is 1. The van der Waals surface area contributed by atoms with Gasteiger partial charge in [-0.05, 0) is 48.9 Å². The molecular formula is C20H21FN4O. The monoisotopic (exact) mass is 352 g/mol. The molecule has 0 fully saturated rings. The third-order valence-corrected chi connectivity index (χ3v) is 4.78. The highest BCUT2D eigenvalue weighted by Crippen LogP contribution is 2.36. The van der Waals surface area contributed by atoms with Crippen molar-refractivity contribution in [3.63, 3.8) is 0 Å². The number of β-amino-alcohol motifs (C(OH)–C–C–N with tert-alkyl or cyclic N) is 1. The van der Waals surface area contributed by atoms with Crippen molar-refractivity contribution < 1.29 is 9.50 Å². The summed E-state index contributed by atoms with van der Waals surface area (Å²) in [5.41, 5.74) is 5.93. The van der Waals surface area contributed by atoms with Gasteiger partial charge in [0.1, 0.15) is 11.5 Å². The van der Waals surface area contributed by atoms with Gasteiger partial charge in [-0.2, -0.15) is 5.10 Å². The number of aliphatic hydroxyl groups is 1. The van der Waals surface area contributed by atoms with Crippen molar-refractivity contribution in [2.75, 3.05) is 19.7 Å². The number of halogens is 1. The number of benzene rings is 1. The molecule has 0 radical (unpaired) electrons. The zero-order valence-electron chi connectivity index (χ0n) is 14.7. The molecule has 1 aliphatic heterocycles. The molecule has 134 valence electrons. The summed E-state index contributed by atoms with van der Waals surface area (Å²) in [6.45, 7) is 5.11. The van der Waals surface area contributed by atoms with Crippen molar-refractivity contribution in [3.8, 4) is 22.4 Å². The lowest BCUT2D eigenvalue weighted by Gasteiger charge is -2.27. The fraction of sp³-hybridized carbons (Fsp3) is 0.300. The van der Waals surface area contributed by atoms with E-state index >= 15 is 0 Å². The zero-order chi connectivity index (χ0) is 18.1. The number of aliphatic hydroxyl groups excluding tert-OH is 1. The highest BCUT2D eigenvalue weighted by molar-refractivity contribution is 5.83. The Bertz CT molecular complexity index is 920. The van der Waals surface area contributed by atoms with Crippen LogP contribution in [0.4, 0.5) is 4.39 Å². The number of rotatable bonds is 4. The van der Waals surface area contributed by atoms with Crippen LogP contribution in [0.25, 0.3) is 22.4 Å². The van der Waals surface area contributed by atoms with E-state index in [2.05, 4.69) is 16.0 Å². The van der Waals surface area contributed by atoms with Crippen molar-refractivity contribution in [2.45, 2.75) is 20.0 Å². The summed E-state index contributed by atoms with van der Waals surface area (Å²) in [6, 6.07) is 10.5. The molecule has 6 heteroatoms. The van der Waals surface area contributed by atoms with Gasteiger partial charge in [0, 0.05) is 42.7 Å². The predicted molar refractivity (Wildman–Crippen MR) is 98.0 cm³/mol. The first-order chi connectivity index (χ1) is 12.7. The van der Waals surface area contributed by atoms with E-state index in [0.717, 1.165) is 53.4 Å². The van der Waals surface area contributed by atoms with Gasteiger partial charge in [-0.25, -0.2) is 4.39 Å². The van der Waals surface area contributed by atoms with Crippen LogP contribution in [0.1, 0.15) is 11.4 Å². The molecule has 3 aromatic rings. The number of fused-ring (bicyclic) bond motifs is 1. The standard InChI is InChI=1S/C20H21FN4O/c1-14-12-16(6-7-22-14)19-18-13-24(10-11-26)8-9-25(18)23-20(19)15-2-4-17(21)5-3-15/h2-7,12,26H,8-11,13H2,1H3. The molecule has 1 aromatic carbocycles. The summed E-state index contributed by atoms with van der Waals surface area (Å²) in [4.78, 5) is 6.53. The molecule has 0 amide bonds. The molecule has 4 rings (SSSR count). The fourth-order valence-corrected chi connectivity index (χ4v) is 3.52. The molecule has 26 heavy (non-hydrogen) atoms. The zero-order valence-corrected chi connectivity index (χ0v) is 14.7. The molecule has 0 saturated heterocycles. The largest absolute Gasteiger partial charge is 0.395 e. The first kappa shape index (κ1) is 16.9. The van der Waals surface area contributed by atoms with Gasteiger partial charge in [-0.15, -0.1) is 0 Å². The Kier molecular flexibility index (Phi) is 4.53. The molecule has 0 saturated carbocycles. The number of nitrogens with zero attached hydrogens (tertiary/aromatic N) is 4. The second kappa shape index (κ2) is 6.97. The Morgan fingerprint density at radius 1 is 1.12 bits per heavy atom. The van der Waals surface area contributed by atoms with Crippen LogP contribution in [-0.4, -0.2) is 44.5 Å². The van der Waals surface area contributed by atoms with Crippen molar-refractivity contribution in [3.05, 3.63) is 59.8 Å². The molecule has 2 aromatic heterocycles. The van der Waals surface area contributed by atoms with Gasteiger partial charge in [0.25, 0.3) is 0 Å². The van der Waals surface area contributed by atoms with E-state index < -0.39 is 0 Å². The smallest absolute Gasteiger partial charge is 0.123 e. The van der Waals surface area contributed by atoms with Gasteiger partial charge in [-0.1, -0.05) is 0 Å². The summed E-state index contributed by atoms with van der Waals surface area (Å²) in [6.07, 6.45) is 1.80. The Hall–Kier alpha value is -2.57. The topological polar surface area (TPSA) is 54.2 Å². The summed E-state index contributed by atoms with van der Waals surface area (Å²) in [5.74, 6) is -0.256. The van der Waals surface area contributed by atoms with E-state index in [4.69, 9.17) is 5.10 Å². The van der Waals surface area contributed by atoms with Gasteiger partial charge in [0.15, 0.2) is 0 Å². The molecule has 0 bridgehead atoms. The van der Waals surface area contributed by atoms with E-state index in [1.54, 1.807) is 18.3 Å². The maximum Gasteiger partial charge on any atom is 0.123 e. The molecule has 3 heterocycles. The maximum absolute atomic E-state index is 13.4. The average molecular weight is 352 g/mol. The van der Waals surface area contributed by atoms with Gasteiger partial charge in [0.05, 0.1) is 18.8 Å². The molecule has 0 atom stereocenters. The van der Waals surface area contributed by atoms with Crippen molar-refractivity contribution in [2.24, 2.45) is 0 Å². The highest BCUT2D eigenvalue weighted by atomic mass is 19.1. The lowest BCUT2D eigenvalue weighted by atomic mass is 9.98. The normalized spacial score (nSPS) is 14.4. The number of hydrogen-bond acceptors (Lipinski definition) is 4. The molecular weight excluding hydrogens is 331 g/mol. The second-order valence-corrected chi connectivity index (χ2v) is 6.59. The average Bonchev–Trinajstić information content (AvgIpc) is 3.01. The molecule has 0 unspecified atom stereocenters. The van der Waals surface area contributed by atoms with Crippen molar-refractivity contribution >= 4 is 0 Å². The minimum Gasteiger partial charge on any atom is -0.395 e. The second-order valence-electron chi connectivity index (χ2n) is 6.59. The quantitative estimate of drug-likeness (QED) is 0.784. The molecule has 0 spiro atoms. The Morgan fingerprint density at radius 2 is 1.92 bits per heavy atom. The van der Waals surface area contributed by atoms with Gasteiger partial charge < -0.3 is 5.11 Å². The Balaban J connectivity index is 1.88. The van der Waals surface area contributed by atoms with E-state index in [0.29, 0.717) is 6.54 Å². The lowest BCUT2D eigenvalue weighted by molar-refractivity contribution is 0.164. The van der Waals surface area contributed by atoms with Gasteiger partial charge >= 0.3 is 0 Å². The number of pyridine rings is 1. The molecule has 1 N–H and O–H groups in total. The van der Waals surface area contributed by atoms with Crippen molar-refractivity contribution in [1.29, 1.82) is 0 Å². The Morgan fingerprint density at radius 3 is 2.65 bits per heavy atom. The summed E-state index contributed by atoms with van der Waals surface area (Å²) in [5, 5.41) is 14.1. The number of aromatic nitrogens is 3. The third kappa shape index (κ3) is 3.13. The van der Waals surface area contributed by atoms with Crippen LogP contribution in [0, 0.1) is 12.7 Å². The van der Waals surface area contributed by atoms with Crippen LogP contribution >= 0.6 is 0 Å². The van der Waals surface area contributed by atoms with Crippen LogP contribution in [-0.2, 0) is 13.1 Å². The SMILES string of the molecule is Cc1cc(-c2c(-c3ccc(F)cc3)nn3c2CN(CCO)CC3)ccn1. The molecule has 0 aliphatic carbocycles. The van der Waals surface area contributed by atoms with E-state index in [1.165, 1.54) is 12.1 Å². The fourth-order valence-electron chi connectivity index (χ4n) is 3.52. The lowest BCUT2D eigenvalue weighted by Crippen LogP contribution is -2.35. The first-order valence-electron chi connectivity index (χ1n) is 8.77. The minimum absolute atomic E-state index is 0.142. The van der Waals surface area contributed by atoms with E-state index in [-0.39, 0.29) is 12.4 Å². The maximum atomic E-state index is 13.4. The predicted octanol–water partition coefficient (Wildman–Crippen LogP) is 2.87. The van der Waals surface area contributed by atoms with Crippen LogP contribution < -0.4 is 0 Å². The highest BCUT2D eigenvalue weighted by Gasteiger charge is 2.25. The first-order valence-corrected chi connectivity index (χ1v) is 8.77. The minimum atomic E-state index is -0.256. The van der Waals surface area contributed by atoms with Crippen molar-refractivity contribution in [1.82, 2.24) is 19.7 Å². The summed E-state index contributed by atoms with van der Waals surface area (Å²) in [7, 11) is 0. The van der Waals surface area contributed by atoms with Gasteiger partial charge in [-0.3, -0.25) is 14.6 Å². The molecule has 1 aliphatic rings. The van der Waals surface area contributed by atoms with Crippen LogP contribution in [0.15, 0.2) is 42.6 Å². The van der Waals surface area contributed by atoms with Crippen LogP contribution in [0.2, 0.25) is 0 Å². The number of aryl methyl sites for hydroxylation is 1. The molecule has 5 nitrogen and oxygen atoms in total.